The van der Waals surface area contributed by atoms with Crippen molar-refractivity contribution in [3.63, 3.8) is 0 Å². The van der Waals surface area contributed by atoms with Crippen molar-refractivity contribution in [3.8, 4) is 12.3 Å². The predicted molar refractivity (Wildman–Crippen MR) is 73.4 cm³/mol. The monoisotopic (exact) mass is 259 g/mol. The number of carbonyl (C=O) groups is 2. The fraction of sp³-hybridized carbons (Fsp3) is 0.286. The van der Waals surface area contributed by atoms with Crippen molar-refractivity contribution in [2.75, 3.05) is 20.1 Å². The van der Waals surface area contributed by atoms with Crippen molar-refractivity contribution >= 4 is 11.8 Å². The molecular weight excluding hydrogens is 242 g/mol. The number of benzene rings is 1. The van der Waals surface area contributed by atoms with Crippen LogP contribution in [0.2, 0.25) is 0 Å². The third kappa shape index (κ3) is 5.23. The maximum absolute atomic E-state index is 11.4. The van der Waals surface area contributed by atoms with E-state index in [2.05, 4.69) is 21.9 Å². The van der Waals surface area contributed by atoms with Gasteiger partial charge < -0.3 is 10.6 Å². The molecule has 3 N–H and O–H groups in total. The second-order valence-electron chi connectivity index (χ2n) is 3.86. The Morgan fingerprint density at radius 1 is 1.26 bits per heavy atom. The minimum Gasteiger partial charge on any atom is -0.355 e. The van der Waals surface area contributed by atoms with Crippen LogP contribution in [0.3, 0.4) is 0 Å². The van der Waals surface area contributed by atoms with Crippen LogP contribution in [-0.2, 0) is 11.3 Å². The minimum atomic E-state index is -0.130. The molecule has 0 saturated heterocycles. The summed E-state index contributed by atoms with van der Waals surface area (Å²) in [5.74, 6) is 2.14. The molecule has 0 aliphatic carbocycles. The van der Waals surface area contributed by atoms with Gasteiger partial charge in [0.1, 0.15) is 0 Å². The number of carbonyl (C=O) groups excluding carboxylic acids is 2. The van der Waals surface area contributed by atoms with Crippen LogP contribution in [0.25, 0.3) is 0 Å². The van der Waals surface area contributed by atoms with Gasteiger partial charge in [-0.25, -0.2) is 0 Å². The highest BCUT2D eigenvalue weighted by Gasteiger charge is 2.03. The Morgan fingerprint density at radius 3 is 2.53 bits per heavy atom. The van der Waals surface area contributed by atoms with Crippen LogP contribution in [0.5, 0.6) is 0 Å². The third-order valence-electron chi connectivity index (χ3n) is 2.45. The molecule has 2 amide bonds. The van der Waals surface area contributed by atoms with E-state index in [0.29, 0.717) is 18.7 Å². The van der Waals surface area contributed by atoms with E-state index in [-0.39, 0.29) is 18.4 Å². The first-order chi connectivity index (χ1) is 9.17. The normalized spacial score (nSPS) is 9.47. The maximum Gasteiger partial charge on any atom is 0.251 e. The van der Waals surface area contributed by atoms with E-state index < -0.39 is 0 Å². The number of terminal acetylenes is 1. The Kier molecular flexibility index (Phi) is 6.13. The lowest BCUT2D eigenvalue weighted by molar-refractivity contribution is -0.120. The van der Waals surface area contributed by atoms with E-state index >= 15 is 0 Å². The van der Waals surface area contributed by atoms with Gasteiger partial charge in [0.05, 0.1) is 13.1 Å². The molecule has 0 atom stereocenters. The van der Waals surface area contributed by atoms with Crippen LogP contribution in [0.15, 0.2) is 24.3 Å². The Morgan fingerprint density at radius 2 is 1.95 bits per heavy atom. The molecule has 0 fully saturated rings. The summed E-state index contributed by atoms with van der Waals surface area (Å²) in [5, 5.41) is 8.10. The molecule has 5 nitrogen and oxygen atoms in total. The lowest BCUT2D eigenvalue weighted by atomic mass is 10.1. The highest BCUT2D eigenvalue weighted by molar-refractivity contribution is 5.93. The van der Waals surface area contributed by atoms with Crippen molar-refractivity contribution in [2.24, 2.45) is 0 Å². The van der Waals surface area contributed by atoms with Crippen molar-refractivity contribution < 1.29 is 9.59 Å². The van der Waals surface area contributed by atoms with Crippen molar-refractivity contribution in [3.05, 3.63) is 35.4 Å². The van der Waals surface area contributed by atoms with Gasteiger partial charge in [0, 0.05) is 19.2 Å². The fourth-order valence-corrected chi connectivity index (χ4v) is 1.43. The summed E-state index contributed by atoms with van der Waals surface area (Å²) in [6, 6.07) is 7.05. The molecule has 1 aromatic carbocycles. The largest absolute Gasteiger partial charge is 0.355 e. The molecule has 0 aliphatic rings. The van der Waals surface area contributed by atoms with Crippen LogP contribution < -0.4 is 16.0 Å². The van der Waals surface area contributed by atoms with E-state index in [1.54, 1.807) is 31.3 Å². The van der Waals surface area contributed by atoms with Gasteiger partial charge in [0.15, 0.2) is 0 Å². The molecule has 0 bridgehead atoms. The van der Waals surface area contributed by atoms with E-state index in [4.69, 9.17) is 6.42 Å². The molecule has 0 heterocycles. The Hall–Kier alpha value is -2.32. The summed E-state index contributed by atoms with van der Waals surface area (Å²) in [7, 11) is 1.58. The summed E-state index contributed by atoms with van der Waals surface area (Å²) in [5.41, 5.74) is 1.52. The Labute approximate surface area is 112 Å². The molecule has 19 heavy (non-hydrogen) atoms. The van der Waals surface area contributed by atoms with Crippen LogP contribution in [-0.4, -0.2) is 32.0 Å². The van der Waals surface area contributed by atoms with Gasteiger partial charge in [-0.2, -0.15) is 0 Å². The SMILES string of the molecule is C#CCNCC(=O)NCc1ccc(C(=O)NC)cc1. The molecule has 0 aliphatic heterocycles. The van der Waals surface area contributed by atoms with Crippen LogP contribution in [0, 0.1) is 12.3 Å². The highest BCUT2D eigenvalue weighted by atomic mass is 16.2. The summed E-state index contributed by atoms with van der Waals surface area (Å²) < 4.78 is 0. The van der Waals surface area contributed by atoms with E-state index in [0.717, 1.165) is 5.56 Å². The first-order valence-corrected chi connectivity index (χ1v) is 5.89. The fourth-order valence-electron chi connectivity index (χ4n) is 1.43. The zero-order valence-corrected chi connectivity index (χ0v) is 10.8. The molecule has 5 heteroatoms. The predicted octanol–water partition coefficient (Wildman–Crippen LogP) is -0.115. The molecule has 0 radical (unpaired) electrons. The van der Waals surface area contributed by atoms with Crippen molar-refractivity contribution in [1.29, 1.82) is 0 Å². The summed E-state index contributed by atoms with van der Waals surface area (Å²) in [6.45, 7) is 0.985. The molecular formula is C14H17N3O2. The van der Waals surface area contributed by atoms with Gasteiger partial charge in [-0.1, -0.05) is 18.1 Å². The minimum absolute atomic E-state index is 0.120. The van der Waals surface area contributed by atoms with Crippen LogP contribution in [0.1, 0.15) is 15.9 Å². The first-order valence-electron chi connectivity index (χ1n) is 5.89. The van der Waals surface area contributed by atoms with E-state index in [1.807, 2.05) is 0 Å². The molecule has 0 spiro atoms. The third-order valence-corrected chi connectivity index (χ3v) is 2.45. The molecule has 0 aromatic heterocycles. The van der Waals surface area contributed by atoms with Gasteiger partial charge in [0.2, 0.25) is 5.91 Å². The lowest BCUT2D eigenvalue weighted by Gasteiger charge is -2.06. The van der Waals surface area contributed by atoms with E-state index in [9.17, 15) is 9.59 Å². The molecule has 1 aromatic rings. The van der Waals surface area contributed by atoms with Gasteiger partial charge in [-0.3, -0.25) is 14.9 Å². The number of hydrogen-bond acceptors (Lipinski definition) is 3. The van der Waals surface area contributed by atoms with Crippen LogP contribution in [0.4, 0.5) is 0 Å². The number of nitrogens with one attached hydrogen (secondary N) is 3. The quantitative estimate of drug-likeness (QED) is 0.493. The number of rotatable bonds is 6. The lowest BCUT2D eigenvalue weighted by Crippen LogP contribution is -2.33. The highest BCUT2D eigenvalue weighted by Crippen LogP contribution is 2.03. The van der Waals surface area contributed by atoms with Crippen molar-refractivity contribution in [1.82, 2.24) is 16.0 Å². The Bertz CT molecular complexity index is 474. The van der Waals surface area contributed by atoms with E-state index in [1.165, 1.54) is 0 Å². The van der Waals surface area contributed by atoms with Gasteiger partial charge in [0.25, 0.3) is 5.91 Å². The molecule has 0 saturated carbocycles. The summed E-state index contributed by atoms with van der Waals surface area (Å²) in [6.07, 6.45) is 5.05. The molecule has 1 rings (SSSR count). The smallest absolute Gasteiger partial charge is 0.251 e. The number of amides is 2. The topological polar surface area (TPSA) is 70.2 Å². The standard InChI is InChI=1S/C14H17N3O2/c1-3-8-16-10-13(18)17-9-11-4-6-12(7-5-11)14(19)15-2/h1,4-7,16H,8-10H2,2H3,(H,15,19)(H,17,18). The maximum atomic E-state index is 11.4. The Balaban J connectivity index is 2.40. The average molecular weight is 259 g/mol. The second-order valence-corrected chi connectivity index (χ2v) is 3.86. The van der Waals surface area contributed by atoms with Crippen molar-refractivity contribution in [2.45, 2.75) is 6.54 Å². The van der Waals surface area contributed by atoms with Gasteiger partial charge >= 0.3 is 0 Å². The second kappa shape index (κ2) is 7.90. The first kappa shape index (κ1) is 14.7. The zero-order chi connectivity index (χ0) is 14.1. The average Bonchev–Trinajstić information content (AvgIpc) is 2.45. The summed E-state index contributed by atoms with van der Waals surface area (Å²) >= 11 is 0. The van der Waals surface area contributed by atoms with Gasteiger partial charge in [-0.15, -0.1) is 6.42 Å². The van der Waals surface area contributed by atoms with Gasteiger partial charge in [-0.05, 0) is 17.7 Å². The molecule has 0 unspecified atom stereocenters. The van der Waals surface area contributed by atoms with Crippen LogP contribution >= 0.6 is 0 Å². The molecule has 100 valence electrons. The summed E-state index contributed by atoms with van der Waals surface area (Å²) in [4.78, 5) is 22.7. The number of hydrogen-bond donors (Lipinski definition) is 3. The zero-order valence-electron chi connectivity index (χ0n) is 10.8.